The summed E-state index contributed by atoms with van der Waals surface area (Å²) in [6, 6.07) is 6.16. The van der Waals surface area contributed by atoms with Gasteiger partial charge in [0.15, 0.2) is 0 Å². The molecule has 106 valence electrons. The predicted molar refractivity (Wildman–Crippen MR) is 73.1 cm³/mol. The topological polar surface area (TPSA) is 52.6 Å². The summed E-state index contributed by atoms with van der Waals surface area (Å²) in [5, 5.41) is 0. The monoisotopic (exact) mass is 268 g/mol. The van der Waals surface area contributed by atoms with Gasteiger partial charge in [0.05, 0.1) is 53.5 Å². The van der Waals surface area contributed by atoms with Crippen molar-refractivity contribution in [1.82, 2.24) is 0 Å². The van der Waals surface area contributed by atoms with E-state index >= 15 is 0 Å². The molecule has 1 aromatic rings. The second kappa shape index (κ2) is 7.53. The number of carbonyl (C=O) groups excluding carboxylic acids is 2. The summed E-state index contributed by atoms with van der Waals surface area (Å²) in [4.78, 5) is 22.2. The van der Waals surface area contributed by atoms with Crippen LogP contribution in [0.5, 0.6) is 0 Å². The molecule has 0 radical (unpaired) electrons. The average molecular weight is 268 g/mol. The summed E-state index contributed by atoms with van der Waals surface area (Å²) < 4.78 is 10.0. The number of carbonyl (C=O) groups is 2. The highest BCUT2D eigenvalue weighted by Crippen LogP contribution is 2.07. The van der Waals surface area contributed by atoms with Crippen molar-refractivity contribution in [1.29, 1.82) is 0 Å². The second-order valence-corrected chi connectivity index (χ2v) is 5.25. The maximum absolute atomic E-state index is 11.1. The van der Waals surface area contributed by atoms with E-state index in [9.17, 15) is 9.59 Å². The van der Waals surface area contributed by atoms with Gasteiger partial charge in [-0.15, -0.1) is 0 Å². The number of methoxy groups -OCH3 is 2. The summed E-state index contributed by atoms with van der Waals surface area (Å²) >= 11 is 0. The van der Waals surface area contributed by atoms with Crippen LogP contribution in [0.15, 0.2) is 24.3 Å². The average Bonchev–Trinajstić information content (AvgIpc) is 2.35. The highest BCUT2D eigenvalue weighted by Gasteiger charge is 2.09. The molecule has 0 bridgehead atoms. The highest BCUT2D eigenvalue weighted by atomic mass is 16.5. The van der Waals surface area contributed by atoms with E-state index in [-0.39, 0.29) is 0 Å². The van der Waals surface area contributed by atoms with Gasteiger partial charge in [-0.25, -0.2) is 9.59 Å². The molecule has 5 heteroatoms. The maximum atomic E-state index is 11.1. The number of esters is 2. The van der Waals surface area contributed by atoms with Crippen molar-refractivity contribution < 1.29 is 23.5 Å². The Morgan fingerprint density at radius 2 is 1.21 bits per heavy atom. The van der Waals surface area contributed by atoms with Crippen LogP contribution in [0.1, 0.15) is 20.7 Å². The van der Waals surface area contributed by atoms with Gasteiger partial charge in [-0.05, 0) is 18.2 Å². The molecule has 0 aliphatic carbocycles. The lowest BCUT2D eigenvalue weighted by Crippen LogP contribution is -2.27. The van der Waals surface area contributed by atoms with Crippen LogP contribution < -0.4 is 0 Å². The van der Waals surface area contributed by atoms with Gasteiger partial charge in [0.1, 0.15) is 0 Å². The molecule has 0 amide bonds. The highest BCUT2D eigenvalue weighted by molar-refractivity contribution is 5.95. The van der Waals surface area contributed by atoms with Crippen molar-refractivity contribution in [2.24, 2.45) is 0 Å². The molecule has 0 spiro atoms. The molecule has 0 aliphatic heterocycles. The number of hydrogen-bond donors (Lipinski definition) is 0. The van der Waals surface area contributed by atoms with Crippen LogP contribution in [-0.4, -0.2) is 58.8 Å². The molecule has 0 heterocycles. The van der Waals surface area contributed by atoms with E-state index in [0.717, 1.165) is 4.48 Å². The Hall–Kier alpha value is -1.88. The van der Waals surface area contributed by atoms with E-state index in [2.05, 4.69) is 37.7 Å². The first-order valence-electron chi connectivity index (χ1n) is 5.74. The van der Waals surface area contributed by atoms with Gasteiger partial charge >= 0.3 is 11.9 Å². The van der Waals surface area contributed by atoms with E-state index in [1.165, 1.54) is 20.3 Å². The minimum absolute atomic E-state index is 0.329. The van der Waals surface area contributed by atoms with E-state index in [1.807, 2.05) is 0 Å². The largest absolute Gasteiger partial charge is 0.465 e. The molecule has 1 aromatic carbocycles. The number of hydrogen-bond acceptors (Lipinski definition) is 4. The molecule has 0 saturated carbocycles. The molecule has 0 saturated heterocycles. The SMILES string of the molecule is COC(=O)c1cccc(C(=O)OC)c1.C[N+](C)(C)C. The van der Waals surface area contributed by atoms with Crippen LogP contribution in [0, 0.1) is 0 Å². The molecule has 0 aliphatic rings. The van der Waals surface area contributed by atoms with Crippen LogP contribution in [0.2, 0.25) is 0 Å². The molecule has 0 fully saturated rings. The first-order chi connectivity index (χ1) is 8.69. The minimum atomic E-state index is -0.476. The summed E-state index contributed by atoms with van der Waals surface area (Å²) in [6.07, 6.45) is 0. The molecule has 1 rings (SSSR count). The van der Waals surface area contributed by atoms with E-state index in [0.29, 0.717) is 11.1 Å². The summed E-state index contributed by atoms with van der Waals surface area (Å²) in [7, 11) is 11.1. The molecule has 0 aromatic heterocycles. The van der Waals surface area contributed by atoms with Crippen molar-refractivity contribution in [3.05, 3.63) is 35.4 Å². The number of nitrogens with zero attached hydrogens (tertiary/aromatic N) is 1. The molecular weight excluding hydrogens is 246 g/mol. The van der Waals surface area contributed by atoms with Gasteiger partial charge in [-0.2, -0.15) is 0 Å². The Morgan fingerprint density at radius 1 is 0.895 bits per heavy atom. The zero-order valence-corrected chi connectivity index (χ0v) is 12.4. The lowest BCUT2D eigenvalue weighted by molar-refractivity contribution is -0.849. The van der Waals surface area contributed by atoms with Gasteiger partial charge < -0.3 is 14.0 Å². The fraction of sp³-hybridized carbons (Fsp3) is 0.429. The minimum Gasteiger partial charge on any atom is -0.465 e. The molecule has 0 atom stereocenters. The summed E-state index contributed by atoms with van der Waals surface area (Å²) in [6.45, 7) is 0. The van der Waals surface area contributed by atoms with Crippen LogP contribution in [0.4, 0.5) is 0 Å². The maximum Gasteiger partial charge on any atom is 0.337 e. The van der Waals surface area contributed by atoms with Crippen LogP contribution in [-0.2, 0) is 9.47 Å². The van der Waals surface area contributed by atoms with Crippen molar-refractivity contribution in [2.45, 2.75) is 0 Å². The molecule has 0 unspecified atom stereocenters. The number of benzene rings is 1. The van der Waals surface area contributed by atoms with Gasteiger partial charge in [0.25, 0.3) is 0 Å². The first-order valence-corrected chi connectivity index (χ1v) is 5.74. The molecule has 5 nitrogen and oxygen atoms in total. The fourth-order valence-electron chi connectivity index (χ4n) is 1.01. The Balaban J connectivity index is 0.000000555. The van der Waals surface area contributed by atoms with E-state index < -0.39 is 11.9 Å². The van der Waals surface area contributed by atoms with Crippen LogP contribution >= 0.6 is 0 Å². The predicted octanol–water partition coefficient (Wildman–Crippen LogP) is 1.58. The third-order valence-corrected chi connectivity index (χ3v) is 1.70. The normalized spacial score (nSPS) is 10.0. The van der Waals surface area contributed by atoms with Crippen molar-refractivity contribution >= 4 is 11.9 Å². The van der Waals surface area contributed by atoms with Crippen LogP contribution in [0.3, 0.4) is 0 Å². The lowest BCUT2D eigenvalue weighted by Gasteiger charge is -2.14. The van der Waals surface area contributed by atoms with Crippen LogP contribution in [0.25, 0.3) is 0 Å². The van der Waals surface area contributed by atoms with Crippen molar-refractivity contribution in [3.8, 4) is 0 Å². The standard InChI is InChI=1S/C10H10O4.C4H12N/c1-13-9(11)7-4-3-5-8(6-7)10(12)14-2;1-5(2,3)4/h3-6H,1-2H3;1-4H3/q;+1. The van der Waals surface area contributed by atoms with Gasteiger partial charge in [0.2, 0.25) is 0 Å². The Kier molecular flexibility index (Phi) is 6.79. The third kappa shape index (κ3) is 7.94. The van der Waals surface area contributed by atoms with E-state index in [4.69, 9.17) is 0 Å². The van der Waals surface area contributed by atoms with Gasteiger partial charge in [0, 0.05) is 0 Å². The molecule has 0 N–H and O–H groups in total. The lowest BCUT2D eigenvalue weighted by atomic mass is 10.1. The van der Waals surface area contributed by atoms with Gasteiger partial charge in [-0.3, -0.25) is 0 Å². The van der Waals surface area contributed by atoms with Crippen molar-refractivity contribution in [2.75, 3.05) is 42.4 Å². The van der Waals surface area contributed by atoms with Gasteiger partial charge in [-0.1, -0.05) is 6.07 Å². The number of rotatable bonds is 2. The third-order valence-electron chi connectivity index (χ3n) is 1.70. The zero-order valence-electron chi connectivity index (χ0n) is 12.4. The summed E-state index contributed by atoms with van der Waals surface area (Å²) in [5.74, 6) is -0.952. The van der Waals surface area contributed by atoms with E-state index in [1.54, 1.807) is 18.2 Å². The Morgan fingerprint density at radius 3 is 1.47 bits per heavy atom. The number of quaternary nitrogens is 1. The molecule has 19 heavy (non-hydrogen) atoms. The summed E-state index contributed by atoms with van der Waals surface area (Å²) in [5.41, 5.74) is 0.658. The smallest absolute Gasteiger partial charge is 0.337 e. The Bertz CT molecular complexity index is 398. The number of ether oxygens (including phenoxy) is 2. The fourth-order valence-corrected chi connectivity index (χ4v) is 1.01. The quantitative estimate of drug-likeness (QED) is 0.603. The Labute approximate surface area is 114 Å². The second-order valence-electron chi connectivity index (χ2n) is 5.25. The molecular formula is C14H22NO4+. The van der Waals surface area contributed by atoms with Crippen molar-refractivity contribution in [3.63, 3.8) is 0 Å². The first kappa shape index (κ1) is 17.1. The zero-order chi connectivity index (χ0) is 15.1.